The van der Waals surface area contributed by atoms with Crippen molar-refractivity contribution in [1.82, 2.24) is 10.6 Å². The summed E-state index contributed by atoms with van der Waals surface area (Å²) < 4.78 is 11.4. The lowest BCUT2D eigenvalue weighted by molar-refractivity contribution is -0.114. The standard InChI is InChI=1S/C23H30N4O3/c1-4-14-30-22-12-7-6-9-19(22)17-26-23(24-5-2)25-13-15-29-21-11-8-10-20(16-21)27-18(3)28/h4,6-12,16H,1,5,13-15,17H2,2-3H3,(H,27,28)(H2,24,25,26). The number of benzene rings is 2. The molecule has 0 aliphatic heterocycles. The maximum Gasteiger partial charge on any atom is 0.221 e. The predicted molar refractivity (Wildman–Crippen MR) is 121 cm³/mol. The molecule has 0 aliphatic rings. The number of hydrogen-bond acceptors (Lipinski definition) is 4. The third-order valence-electron chi connectivity index (χ3n) is 3.90. The van der Waals surface area contributed by atoms with Gasteiger partial charge in [0.05, 0.1) is 13.1 Å². The quantitative estimate of drug-likeness (QED) is 0.229. The van der Waals surface area contributed by atoms with Gasteiger partial charge in [-0.05, 0) is 25.1 Å². The number of nitrogens with one attached hydrogen (secondary N) is 3. The molecule has 2 rings (SSSR count). The van der Waals surface area contributed by atoms with Gasteiger partial charge < -0.3 is 25.4 Å². The van der Waals surface area contributed by atoms with Gasteiger partial charge in [-0.1, -0.05) is 36.9 Å². The van der Waals surface area contributed by atoms with Crippen LogP contribution in [0.15, 0.2) is 66.2 Å². The van der Waals surface area contributed by atoms with Crippen LogP contribution in [0.25, 0.3) is 0 Å². The zero-order valence-corrected chi connectivity index (χ0v) is 17.6. The summed E-state index contributed by atoms with van der Waals surface area (Å²) in [5.41, 5.74) is 1.71. The highest BCUT2D eigenvalue weighted by molar-refractivity contribution is 5.88. The minimum atomic E-state index is -0.114. The second-order valence-electron chi connectivity index (χ2n) is 6.39. The number of para-hydroxylation sites is 1. The van der Waals surface area contributed by atoms with Gasteiger partial charge in [0, 0.05) is 30.8 Å². The second-order valence-corrected chi connectivity index (χ2v) is 6.39. The van der Waals surface area contributed by atoms with Crippen LogP contribution in [-0.2, 0) is 11.3 Å². The highest BCUT2D eigenvalue weighted by atomic mass is 16.5. The fourth-order valence-electron chi connectivity index (χ4n) is 2.64. The van der Waals surface area contributed by atoms with Gasteiger partial charge in [-0.15, -0.1) is 0 Å². The molecule has 0 atom stereocenters. The summed E-state index contributed by atoms with van der Waals surface area (Å²) in [7, 11) is 0. The third-order valence-corrected chi connectivity index (χ3v) is 3.90. The smallest absolute Gasteiger partial charge is 0.221 e. The summed E-state index contributed by atoms with van der Waals surface area (Å²) in [5.74, 6) is 2.08. The molecular weight excluding hydrogens is 380 g/mol. The molecule has 0 unspecified atom stereocenters. The molecule has 0 bridgehead atoms. The van der Waals surface area contributed by atoms with E-state index in [4.69, 9.17) is 9.47 Å². The number of ether oxygens (including phenoxy) is 2. The van der Waals surface area contributed by atoms with Crippen molar-refractivity contribution in [3.8, 4) is 11.5 Å². The van der Waals surface area contributed by atoms with Crippen LogP contribution < -0.4 is 25.4 Å². The van der Waals surface area contributed by atoms with E-state index >= 15 is 0 Å². The Morgan fingerprint density at radius 1 is 1.13 bits per heavy atom. The maximum atomic E-state index is 11.2. The molecule has 0 saturated carbocycles. The number of aliphatic imine (C=N–C) groups is 1. The molecule has 3 N–H and O–H groups in total. The van der Waals surface area contributed by atoms with E-state index in [1.54, 1.807) is 12.1 Å². The van der Waals surface area contributed by atoms with Crippen molar-refractivity contribution in [2.75, 3.05) is 31.6 Å². The molecule has 0 radical (unpaired) electrons. The van der Waals surface area contributed by atoms with Crippen LogP contribution >= 0.6 is 0 Å². The fraction of sp³-hybridized carbons (Fsp3) is 0.304. The fourth-order valence-corrected chi connectivity index (χ4v) is 2.64. The molecule has 160 valence electrons. The van der Waals surface area contributed by atoms with E-state index < -0.39 is 0 Å². The van der Waals surface area contributed by atoms with Crippen molar-refractivity contribution in [1.29, 1.82) is 0 Å². The molecule has 30 heavy (non-hydrogen) atoms. The minimum Gasteiger partial charge on any atom is -0.492 e. The van der Waals surface area contributed by atoms with Crippen LogP contribution in [0.3, 0.4) is 0 Å². The number of anilines is 1. The molecule has 0 aliphatic carbocycles. The van der Waals surface area contributed by atoms with Crippen LogP contribution in [0.4, 0.5) is 5.69 Å². The van der Waals surface area contributed by atoms with E-state index in [1.165, 1.54) is 6.92 Å². The number of guanidine groups is 1. The number of carbonyl (C=O) groups is 1. The lowest BCUT2D eigenvalue weighted by Crippen LogP contribution is -2.39. The Bertz CT molecular complexity index is 852. The number of carbonyl (C=O) groups excluding carboxylic acids is 1. The SMILES string of the molecule is C=CCOc1ccccc1CN=C(NCC)NCCOc1cccc(NC(C)=O)c1. The van der Waals surface area contributed by atoms with Gasteiger partial charge in [-0.2, -0.15) is 0 Å². The summed E-state index contributed by atoms with van der Waals surface area (Å²) in [6, 6.07) is 15.1. The molecule has 0 fully saturated rings. The average Bonchev–Trinajstić information content (AvgIpc) is 2.74. The number of rotatable bonds is 11. The third kappa shape index (κ3) is 8.26. The first-order valence-corrected chi connectivity index (χ1v) is 9.96. The second kappa shape index (κ2) is 12.9. The van der Waals surface area contributed by atoms with Crippen LogP contribution in [0.2, 0.25) is 0 Å². The van der Waals surface area contributed by atoms with E-state index in [0.29, 0.717) is 43.7 Å². The minimum absolute atomic E-state index is 0.114. The maximum absolute atomic E-state index is 11.2. The lowest BCUT2D eigenvalue weighted by atomic mass is 10.2. The summed E-state index contributed by atoms with van der Waals surface area (Å²) in [6.07, 6.45) is 1.72. The molecule has 2 aromatic rings. The van der Waals surface area contributed by atoms with Crippen LogP contribution in [0.1, 0.15) is 19.4 Å². The molecule has 0 saturated heterocycles. The van der Waals surface area contributed by atoms with E-state index in [1.807, 2.05) is 49.4 Å². The first kappa shape index (κ1) is 22.8. The summed E-state index contributed by atoms with van der Waals surface area (Å²) in [5, 5.41) is 9.22. The first-order chi connectivity index (χ1) is 14.6. The number of hydrogen-bond donors (Lipinski definition) is 3. The molecule has 0 spiro atoms. The topological polar surface area (TPSA) is 84.0 Å². The Morgan fingerprint density at radius 2 is 1.97 bits per heavy atom. The van der Waals surface area contributed by atoms with Crippen molar-refractivity contribution in [3.05, 3.63) is 66.7 Å². The highest BCUT2D eigenvalue weighted by Crippen LogP contribution is 2.19. The Kier molecular flexibility index (Phi) is 9.79. The van der Waals surface area contributed by atoms with Crippen molar-refractivity contribution in [3.63, 3.8) is 0 Å². The van der Waals surface area contributed by atoms with Crippen LogP contribution in [0, 0.1) is 0 Å². The Hall–Kier alpha value is -3.48. The number of nitrogens with zero attached hydrogens (tertiary/aromatic N) is 1. The molecule has 0 heterocycles. The van der Waals surface area contributed by atoms with Gasteiger partial charge in [0.1, 0.15) is 24.7 Å². The molecule has 7 heteroatoms. The van der Waals surface area contributed by atoms with Crippen molar-refractivity contribution >= 4 is 17.6 Å². The summed E-state index contributed by atoms with van der Waals surface area (Å²) >= 11 is 0. The van der Waals surface area contributed by atoms with Gasteiger partial charge in [0.25, 0.3) is 0 Å². The van der Waals surface area contributed by atoms with E-state index in [-0.39, 0.29) is 5.91 Å². The zero-order chi connectivity index (χ0) is 21.6. The van der Waals surface area contributed by atoms with Gasteiger partial charge >= 0.3 is 0 Å². The summed E-state index contributed by atoms with van der Waals surface area (Å²) in [6.45, 7) is 9.90. The van der Waals surface area contributed by atoms with Crippen LogP contribution in [0.5, 0.6) is 11.5 Å². The first-order valence-electron chi connectivity index (χ1n) is 9.96. The normalized spacial score (nSPS) is 10.8. The van der Waals surface area contributed by atoms with Gasteiger partial charge in [0.15, 0.2) is 5.96 Å². The van der Waals surface area contributed by atoms with Crippen molar-refractivity contribution in [2.45, 2.75) is 20.4 Å². The average molecular weight is 411 g/mol. The lowest BCUT2D eigenvalue weighted by Gasteiger charge is -2.13. The summed E-state index contributed by atoms with van der Waals surface area (Å²) in [4.78, 5) is 15.8. The number of amides is 1. The van der Waals surface area contributed by atoms with Gasteiger partial charge in [0.2, 0.25) is 5.91 Å². The van der Waals surface area contributed by atoms with E-state index in [2.05, 4.69) is 27.5 Å². The molecule has 7 nitrogen and oxygen atoms in total. The van der Waals surface area contributed by atoms with Gasteiger partial charge in [-0.25, -0.2) is 4.99 Å². The van der Waals surface area contributed by atoms with Crippen molar-refractivity contribution < 1.29 is 14.3 Å². The molecular formula is C23H30N4O3. The van der Waals surface area contributed by atoms with E-state index in [9.17, 15) is 4.79 Å². The molecule has 1 amide bonds. The Labute approximate surface area is 178 Å². The van der Waals surface area contributed by atoms with Crippen molar-refractivity contribution in [2.24, 2.45) is 4.99 Å². The monoisotopic (exact) mass is 410 g/mol. The Balaban J connectivity index is 1.87. The van der Waals surface area contributed by atoms with Crippen LogP contribution in [-0.4, -0.2) is 38.2 Å². The predicted octanol–water partition coefficient (Wildman–Crippen LogP) is 3.34. The molecule has 0 aromatic heterocycles. The molecule has 2 aromatic carbocycles. The Morgan fingerprint density at radius 3 is 2.73 bits per heavy atom. The van der Waals surface area contributed by atoms with Gasteiger partial charge in [-0.3, -0.25) is 4.79 Å². The highest BCUT2D eigenvalue weighted by Gasteiger charge is 2.04. The largest absolute Gasteiger partial charge is 0.492 e. The van der Waals surface area contributed by atoms with E-state index in [0.717, 1.165) is 17.9 Å². The zero-order valence-electron chi connectivity index (χ0n) is 17.6.